The van der Waals surface area contributed by atoms with Crippen LogP contribution < -0.4 is 26.0 Å². The number of fused-ring (bicyclic) bond motifs is 3. The summed E-state index contributed by atoms with van der Waals surface area (Å²) in [7, 11) is -4.82. The first-order valence-corrected chi connectivity index (χ1v) is 19.7. The van der Waals surface area contributed by atoms with Gasteiger partial charge in [-0.05, 0) is 71.5 Å². The van der Waals surface area contributed by atoms with Crippen LogP contribution in [0.2, 0.25) is 0 Å². The summed E-state index contributed by atoms with van der Waals surface area (Å²) < 4.78 is 49.5. The fraction of sp³-hybridized carbons (Fsp3) is 0.275. The first-order valence-electron chi connectivity index (χ1n) is 18.1. The fourth-order valence-corrected chi connectivity index (χ4v) is 6.96. The number of nitrogens with one attached hydrogen (secondary N) is 4. The maximum absolute atomic E-state index is 13.4. The fourth-order valence-electron chi connectivity index (χ4n) is 6.30. The lowest BCUT2D eigenvalue weighted by molar-refractivity contribution is -0.384. The minimum absolute atomic E-state index is 0.144. The van der Waals surface area contributed by atoms with Gasteiger partial charge in [0, 0.05) is 29.3 Å². The molecule has 0 spiro atoms. The van der Waals surface area contributed by atoms with E-state index in [4.69, 9.17) is 14.2 Å². The topological polar surface area (TPSA) is 259 Å². The number of rotatable bonds is 18. The van der Waals surface area contributed by atoms with E-state index in [1.807, 2.05) is 48.5 Å². The summed E-state index contributed by atoms with van der Waals surface area (Å²) in [4.78, 5) is 74.3. The normalized spacial score (nSPS) is 14.0. The van der Waals surface area contributed by atoms with Crippen LogP contribution in [0.25, 0.3) is 11.1 Å². The molecule has 1 unspecified atom stereocenters. The summed E-state index contributed by atoms with van der Waals surface area (Å²) in [6.07, 6.45) is -2.37. The van der Waals surface area contributed by atoms with Crippen LogP contribution in [0.4, 0.5) is 16.2 Å². The minimum atomic E-state index is -4.82. The van der Waals surface area contributed by atoms with Crippen molar-refractivity contribution in [2.75, 3.05) is 17.7 Å². The first kappa shape index (κ1) is 43.3. The van der Waals surface area contributed by atoms with Gasteiger partial charge >= 0.3 is 6.09 Å². The lowest BCUT2D eigenvalue weighted by Crippen LogP contribution is -2.58. The maximum atomic E-state index is 13.4. The molecule has 0 radical (unpaired) electrons. The Bertz CT molecular complexity index is 2260. The lowest BCUT2D eigenvalue weighted by Gasteiger charge is -2.26. The van der Waals surface area contributed by atoms with E-state index in [1.54, 1.807) is 13.8 Å². The molecule has 0 heterocycles. The van der Waals surface area contributed by atoms with Crippen molar-refractivity contribution < 1.29 is 56.1 Å². The number of hydrogen-bond donors (Lipinski definition) is 5. The zero-order chi connectivity index (χ0) is 42.9. The number of anilines is 1. The highest BCUT2D eigenvalue weighted by Crippen LogP contribution is 2.44. The number of nitro groups is 1. The Balaban J connectivity index is 1.17. The molecule has 0 saturated carbocycles. The Hall–Kier alpha value is -6.86. The van der Waals surface area contributed by atoms with Gasteiger partial charge in [0.1, 0.15) is 36.2 Å². The zero-order valence-electron chi connectivity index (χ0n) is 31.9. The molecule has 59 heavy (non-hydrogen) atoms. The number of nitrogens with zero attached hydrogens (tertiary/aromatic N) is 1. The minimum Gasteiger partial charge on any atom is -0.450 e. The third-order valence-corrected chi connectivity index (χ3v) is 10.0. The molecule has 310 valence electrons. The summed E-state index contributed by atoms with van der Waals surface area (Å²) in [6.45, 7) is 4.57. The van der Waals surface area contributed by atoms with Crippen molar-refractivity contribution in [3.63, 3.8) is 0 Å². The van der Waals surface area contributed by atoms with Crippen molar-refractivity contribution >= 4 is 51.8 Å². The van der Waals surface area contributed by atoms with Gasteiger partial charge in [0.25, 0.3) is 28.6 Å². The molecule has 5 N–H and O–H groups in total. The van der Waals surface area contributed by atoms with Crippen molar-refractivity contribution in [3.05, 3.63) is 124 Å². The van der Waals surface area contributed by atoms with Crippen LogP contribution >= 0.6 is 0 Å². The number of carbonyl (C=O) groups is 5. The Morgan fingerprint density at radius 3 is 1.95 bits per heavy atom. The van der Waals surface area contributed by atoms with E-state index in [9.17, 15) is 47.1 Å². The second-order valence-electron chi connectivity index (χ2n) is 13.8. The van der Waals surface area contributed by atoms with Crippen molar-refractivity contribution in [2.24, 2.45) is 5.92 Å². The monoisotopic (exact) mass is 831 g/mol. The van der Waals surface area contributed by atoms with Crippen LogP contribution in [-0.4, -0.2) is 78.7 Å². The van der Waals surface area contributed by atoms with Gasteiger partial charge < -0.3 is 35.5 Å². The Kier molecular flexibility index (Phi) is 14.0. The van der Waals surface area contributed by atoms with Crippen molar-refractivity contribution in [3.8, 4) is 16.9 Å². The van der Waals surface area contributed by atoms with Gasteiger partial charge in [-0.15, -0.1) is 0 Å². The lowest BCUT2D eigenvalue weighted by atomic mass is 9.98. The van der Waals surface area contributed by atoms with Crippen LogP contribution in [0.3, 0.4) is 0 Å². The van der Waals surface area contributed by atoms with Gasteiger partial charge in [0.2, 0.25) is 17.7 Å². The molecule has 1 aliphatic rings. The third kappa shape index (κ3) is 11.4. The van der Waals surface area contributed by atoms with E-state index in [0.29, 0.717) is 5.56 Å². The van der Waals surface area contributed by atoms with E-state index < -0.39 is 74.9 Å². The van der Waals surface area contributed by atoms with Crippen molar-refractivity contribution in [1.82, 2.24) is 16.0 Å². The standard InChI is InChI=1S/C40H41N5O13S/c1-23(2)35(38(49)41-24(3)36(47)42-26-14-12-25(13-15-26)39(57-22-46)58-28-18-16-27(17-19-28)45(51)52)44-37(48)34(21-59(53,54)55)43-40(50)56-20-33-31-10-6-4-8-29(31)30-9-5-7-11-32(30)33/h4-19,22-24,33-35,39H,20-21H2,1-3H3,(H,41,49)(H,42,47)(H,43,50)(H,44,48)(H,53,54,55)/t24-,34-,35-,39?/m0/s1. The molecule has 0 saturated heterocycles. The summed E-state index contributed by atoms with van der Waals surface area (Å²) in [5.74, 6) is -4.56. The number of hydrogen-bond acceptors (Lipinski definition) is 12. The second kappa shape index (κ2) is 19.1. The molecule has 0 bridgehead atoms. The molecule has 19 heteroatoms. The van der Waals surface area contributed by atoms with Gasteiger partial charge in [-0.1, -0.05) is 62.4 Å². The van der Waals surface area contributed by atoms with E-state index in [1.165, 1.54) is 55.5 Å². The van der Waals surface area contributed by atoms with E-state index >= 15 is 0 Å². The summed E-state index contributed by atoms with van der Waals surface area (Å²) in [5.41, 5.74) is 4.26. The smallest absolute Gasteiger partial charge is 0.407 e. The van der Waals surface area contributed by atoms with Crippen LogP contribution in [0.5, 0.6) is 5.75 Å². The summed E-state index contributed by atoms with van der Waals surface area (Å²) >= 11 is 0. The predicted octanol–water partition coefficient (Wildman–Crippen LogP) is 4.22. The first-order chi connectivity index (χ1) is 28.0. The van der Waals surface area contributed by atoms with Crippen molar-refractivity contribution in [1.29, 1.82) is 0 Å². The van der Waals surface area contributed by atoms with E-state index in [0.717, 1.165) is 22.3 Å². The SMILES string of the molecule is CC(C)[C@H](NC(=O)[C@H](CS(=O)(=O)O)NC(=O)OCC1c2ccccc2-c2ccccc21)C(=O)N[C@@H](C)C(=O)Nc1ccc(C(OC=O)Oc2ccc([N+](=O)[O-])cc2)cc1. The Morgan fingerprint density at radius 2 is 1.41 bits per heavy atom. The molecule has 5 rings (SSSR count). The van der Waals surface area contributed by atoms with Crippen molar-refractivity contribution in [2.45, 2.75) is 51.1 Å². The molecular weight excluding hydrogens is 791 g/mol. The number of alkyl carbamates (subject to hydrolysis) is 1. The van der Waals surface area contributed by atoms with Gasteiger partial charge in [-0.25, -0.2) is 4.79 Å². The van der Waals surface area contributed by atoms with E-state index in [2.05, 4.69) is 21.3 Å². The number of non-ortho nitro benzene ring substituents is 1. The predicted molar refractivity (Wildman–Crippen MR) is 211 cm³/mol. The molecule has 0 aliphatic heterocycles. The molecule has 0 fully saturated rings. The van der Waals surface area contributed by atoms with E-state index in [-0.39, 0.29) is 36.1 Å². The molecule has 4 amide bonds. The number of carbonyl (C=O) groups excluding carboxylic acids is 5. The van der Waals surface area contributed by atoms with Crippen LogP contribution in [0.1, 0.15) is 49.7 Å². The van der Waals surface area contributed by atoms with Crippen LogP contribution in [0, 0.1) is 16.0 Å². The highest BCUT2D eigenvalue weighted by molar-refractivity contribution is 7.85. The number of benzene rings is 4. The van der Waals surface area contributed by atoms with Gasteiger partial charge in [0.15, 0.2) is 0 Å². The quantitative estimate of drug-likeness (QED) is 0.0310. The number of amides is 4. The maximum Gasteiger partial charge on any atom is 0.407 e. The third-order valence-electron chi connectivity index (χ3n) is 9.25. The zero-order valence-corrected chi connectivity index (χ0v) is 32.7. The molecular formula is C40H41N5O13S. The molecule has 0 aromatic heterocycles. The average molecular weight is 832 g/mol. The van der Waals surface area contributed by atoms with Crippen LogP contribution in [0.15, 0.2) is 97.1 Å². The van der Waals surface area contributed by atoms with Gasteiger partial charge in [-0.3, -0.25) is 33.8 Å². The molecule has 4 aromatic carbocycles. The number of nitro benzene ring substituents is 1. The number of ether oxygens (including phenoxy) is 3. The average Bonchev–Trinajstić information content (AvgIpc) is 3.51. The Morgan fingerprint density at radius 1 is 0.814 bits per heavy atom. The largest absolute Gasteiger partial charge is 0.450 e. The Labute approximate surface area is 338 Å². The summed E-state index contributed by atoms with van der Waals surface area (Å²) in [6, 6.07) is 21.9. The van der Waals surface area contributed by atoms with Gasteiger partial charge in [-0.2, -0.15) is 8.42 Å². The molecule has 18 nitrogen and oxygen atoms in total. The molecule has 1 aliphatic carbocycles. The van der Waals surface area contributed by atoms with Crippen LogP contribution in [-0.2, 0) is 38.8 Å². The highest BCUT2D eigenvalue weighted by atomic mass is 32.2. The molecule has 4 aromatic rings. The summed E-state index contributed by atoms with van der Waals surface area (Å²) in [5, 5.41) is 20.6. The molecule has 4 atom stereocenters. The second-order valence-corrected chi connectivity index (χ2v) is 15.3. The highest BCUT2D eigenvalue weighted by Gasteiger charge is 2.34. The van der Waals surface area contributed by atoms with Gasteiger partial charge in [0.05, 0.1) is 4.92 Å².